The van der Waals surface area contributed by atoms with Crippen molar-refractivity contribution in [2.24, 2.45) is 0 Å². The summed E-state index contributed by atoms with van der Waals surface area (Å²) in [6, 6.07) is 13.3. The van der Waals surface area contributed by atoms with Crippen LogP contribution in [0.25, 0.3) is 0 Å². The molecule has 0 saturated carbocycles. The summed E-state index contributed by atoms with van der Waals surface area (Å²) in [7, 11) is 0. The highest BCUT2D eigenvalue weighted by Crippen LogP contribution is 2.25. The second-order valence-electron chi connectivity index (χ2n) is 5.51. The minimum absolute atomic E-state index is 0.509. The average Bonchev–Trinajstić information content (AvgIpc) is 2.58. The largest absolute Gasteiger partial charge is 0.368 e. The molecule has 24 heavy (non-hydrogen) atoms. The van der Waals surface area contributed by atoms with E-state index in [2.05, 4.69) is 21.2 Å². The standard InChI is InChI=1S/C17H16Cl3N3S/c18-12-2-1-3-14(10-12)22-6-8-23(9-7-22)17(24)21-13-4-5-15(19)16(20)11-13/h1-5,10-11H,6-9H2,(H,21,24). The highest BCUT2D eigenvalue weighted by molar-refractivity contribution is 7.80. The van der Waals surface area contributed by atoms with E-state index < -0.39 is 0 Å². The molecule has 3 rings (SSSR count). The van der Waals surface area contributed by atoms with Gasteiger partial charge in [0.25, 0.3) is 0 Å². The quantitative estimate of drug-likeness (QED) is 0.701. The Kier molecular flexibility index (Phi) is 5.72. The molecule has 3 nitrogen and oxygen atoms in total. The lowest BCUT2D eigenvalue weighted by atomic mass is 10.2. The van der Waals surface area contributed by atoms with Gasteiger partial charge in [-0.15, -0.1) is 0 Å². The molecule has 0 atom stereocenters. The fraction of sp³-hybridized carbons (Fsp3) is 0.235. The summed E-state index contributed by atoms with van der Waals surface area (Å²) in [4.78, 5) is 4.46. The van der Waals surface area contributed by atoms with E-state index in [1.807, 2.05) is 24.3 Å². The number of halogens is 3. The highest BCUT2D eigenvalue weighted by atomic mass is 35.5. The van der Waals surface area contributed by atoms with Crippen LogP contribution in [0.2, 0.25) is 15.1 Å². The molecule has 0 aromatic heterocycles. The maximum atomic E-state index is 6.07. The summed E-state index contributed by atoms with van der Waals surface area (Å²) in [5.74, 6) is 0. The zero-order valence-electron chi connectivity index (χ0n) is 12.8. The van der Waals surface area contributed by atoms with Gasteiger partial charge in [-0.2, -0.15) is 0 Å². The molecule has 2 aromatic rings. The van der Waals surface area contributed by atoms with Crippen molar-refractivity contribution in [2.75, 3.05) is 36.4 Å². The molecule has 1 aliphatic rings. The Hall–Kier alpha value is -1.20. The molecule has 1 fully saturated rings. The predicted octanol–water partition coefficient (Wildman–Crippen LogP) is 5.17. The van der Waals surface area contributed by atoms with E-state index in [4.69, 9.17) is 47.0 Å². The second-order valence-corrected chi connectivity index (χ2v) is 7.15. The van der Waals surface area contributed by atoms with Gasteiger partial charge >= 0.3 is 0 Å². The van der Waals surface area contributed by atoms with Gasteiger partial charge in [0.1, 0.15) is 0 Å². The lowest BCUT2D eigenvalue weighted by Gasteiger charge is -2.37. The minimum Gasteiger partial charge on any atom is -0.368 e. The van der Waals surface area contributed by atoms with E-state index in [1.54, 1.807) is 12.1 Å². The van der Waals surface area contributed by atoms with Gasteiger partial charge in [0.05, 0.1) is 10.0 Å². The van der Waals surface area contributed by atoms with Crippen molar-refractivity contribution in [1.29, 1.82) is 0 Å². The van der Waals surface area contributed by atoms with Crippen LogP contribution in [0.1, 0.15) is 0 Å². The zero-order valence-corrected chi connectivity index (χ0v) is 15.9. The molecule has 7 heteroatoms. The molecule has 0 unspecified atom stereocenters. The Morgan fingerprint density at radius 3 is 2.33 bits per heavy atom. The van der Waals surface area contributed by atoms with Gasteiger partial charge < -0.3 is 15.1 Å². The Labute approximate surface area is 162 Å². The van der Waals surface area contributed by atoms with Crippen molar-refractivity contribution in [3.05, 3.63) is 57.5 Å². The van der Waals surface area contributed by atoms with E-state index in [0.717, 1.165) is 42.6 Å². The third-order valence-electron chi connectivity index (χ3n) is 3.91. The first-order valence-electron chi connectivity index (χ1n) is 7.54. The minimum atomic E-state index is 0.509. The summed E-state index contributed by atoms with van der Waals surface area (Å²) in [5, 5.41) is 5.71. The molecule has 0 spiro atoms. The van der Waals surface area contributed by atoms with Gasteiger partial charge in [-0.3, -0.25) is 0 Å². The van der Waals surface area contributed by atoms with Gasteiger partial charge in [-0.25, -0.2) is 0 Å². The van der Waals surface area contributed by atoms with Gasteiger partial charge in [0, 0.05) is 42.6 Å². The lowest BCUT2D eigenvalue weighted by molar-refractivity contribution is 0.391. The Morgan fingerprint density at radius 2 is 1.67 bits per heavy atom. The Bertz CT molecular complexity index is 746. The normalized spacial score (nSPS) is 14.6. The molecule has 0 amide bonds. The highest BCUT2D eigenvalue weighted by Gasteiger charge is 2.19. The second kappa shape index (κ2) is 7.79. The van der Waals surface area contributed by atoms with Crippen LogP contribution in [0.5, 0.6) is 0 Å². The molecular formula is C17H16Cl3N3S. The SMILES string of the molecule is S=C(Nc1ccc(Cl)c(Cl)c1)N1CCN(c2cccc(Cl)c2)CC1. The van der Waals surface area contributed by atoms with Crippen LogP contribution in [-0.4, -0.2) is 36.2 Å². The maximum absolute atomic E-state index is 6.07. The first-order valence-corrected chi connectivity index (χ1v) is 9.08. The number of nitrogens with zero attached hydrogens (tertiary/aromatic N) is 2. The van der Waals surface area contributed by atoms with Crippen molar-refractivity contribution in [2.45, 2.75) is 0 Å². The Morgan fingerprint density at radius 1 is 0.917 bits per heavy atom. The van der Waals surface area contributed by atoms with E-state index in [0.29, 0.717) is 15.2 Å². The van der Waals surface area contributed by atoms with Gasteiger partial charge in [0.2, 0.25) is 0 Å². The van der Waals surface area contributed by atoms with Gasteiger partial charge in [-0.1, -0.05) is 40.9 Å². The lowest BCUT2D eigenvalue weighted by Crippen LogP contribution is -2.50. The van der Waals surface area contributed by atoms with Crippen molar-refractivity contribution < 1.29 is 0 Å². The van der Waals surface area contributed by atoms with E-state index >= 15 is 0 Å². The number of hydrogen-bond acceptors (Lipinski definition) is 2. The fourth-order valence-corrected chi connectivity index (χ4v) is 3.40. The number of piperazine rings is 1. The monoisotopic (exact) mass is 399 g/mol. The molecular weight excluding hydrogens is 385 g/mol. The molecule has 1 N–H and O–H groups in total. The molecule has 0 bridgehead atoms. The number of thiocarbonyl (C=S) groups is 1. The van der Waals surface area contributed by atoms with Crippen LogP contribution in [0.4, 0.5) is 11.4 Å². The molecule has 1 heterocycles. The predicted molar refractivity (Wildman–Crippen MR) is 108 cm³/mol. The maximum Gasteiger partial charge on any atom is 0.173 e. The van der Waals surface area contributed by atoms with Crippen LogP contribution in [0.3, 0.4) is 0 Å². The van der Waals surface area contributed by atoms with Gasteiger partial charge in [0.15, 0.2) is 5.11 Å². The van der Waals surface area contributed by atoms with Crippen molar-refractivity contribution >= 4 is 63.5 Å². The van der Waals surface area contributed by atoms with E-state index in [-0.39, 0.29) is 0 Å². The van der Waals surface area contributed by atoms with Gasteiger partial charge in [-0.05, 0) is 48.6 Å². The summed E-state index contributed by atoms with van der Waals surface area (Å²) in [5.41, 5.74) is 1.98. The van der Waals surface area contributed by atoms with Crippen molar-refractivity contribution in [3.63, 3.8) is 0 Å². The molecule has 1 aliphatic heterocycles. The number of hydrogen-bond donors (Lipinski definition) is 1. The van der Waals surface area contributed by atoms with E-state index in [9.17, 15) is 0 Å². The molecule has 1 saturated heterocycles. The molecule has 126 valence electrons. The average molecular weight is 401 g/mol. The summed E-state index contributed by atoms with van der Waals surface area (Å²) >= 11 is 23.5. The third-order valence-corrected chi connectivity index (χ3v) is 5.25. The number of anilines is 2. The van der Waals surface area contributed by atoms with E-state index in [1.165, 1.54) is 0 Å². The Balaban J connectivity index is 1.58. The first kappa shape index (κ1) is 17.6. The van der Waals surface area contributed by atoms with Crippen LogP contribution in [0, 0.1) is 0 Å². The first-order chi connectivity index (χ1) is 11.5. The smallest absolute Gasteiger partial charge is 0.173 e. The van der Waals surface area contributed by atoms with Crippen molar-refractivity contribution in [1.82, 2.24) is 4.90 Å². The third kappa shape index (κ3) is 4.25. The van der Waals surface area contributed by atoms with Crippen molar-refractivity contribution in [3.8, 4) is 0 Å². The molecule has 2 aromatic carbocycles. The number of nitrogens with one attached hydrogen (secondary N) is 1. The zero-order chi connectivity index (χ0) is 17.1. The van der Waals surface area contributed by atoms with Crippen LogP contribution < -0.4 is 10.2 Å². The topological polar surface area (TPSA) is 18.5 Å². The summed E-state index contributed by atoms with van der Waals surface area (Å²) in [6.07, 6.45) is 0. The molecule has 0 radical (unpaired) electrons. The molecule has 0 aliphatic carbocycles. The fourth-order valence-electron chi connectivity index (χ4n) is 2.62. The number of benzene rings is 2. The number of rotatable bonds is 2. The van der Waals surface area contributed by atoms with Crippen LogP contribution in [-0.2, 0) is 0 Å². The summed E-state index contributed by atoms with van der Waals surface area (Å²) in [6.45, 7) is 3.48. The van der Waals surface area contributed by atoms with Crippen LogP contribution in [0.15, 0.2) is 42.5 Å². The summed E-state index contributed by atoms with van der Waals surface area (Å²) < 4.78 is 0. The van der Waals surface area contributed by atoms with Crippen LogP contribution >= 0.6 is 47.0 Å².